The van der Waals surface area contributed by atoms with Crippen molar-refractivity contribution >= 4 is 0 Å². The van der Waals surface area contributed by atoms with Gasteiger partial charge in [0.05, 0.1) is 12.2 Å². The van der Waals surface area contributed by atoms with Crippen LogP contribution in [-0.4, -0.2) is 52.5 Å². The van der Waals surface area contributed by atoms with E-state index in [-0.39, 0.29) is 6.10 Å². The molecule has 1 aliphatic rings. The summed E-state index contributed by atoms with van der Waals surface area (Å²) >= 11 is 0. The van der Waals surface area contributed by atoms with E-state index in [2.05, 4.69) is 21.2 Å². The van der Waals surface area contributed by atoms with Crippen molar-refractivity contribution in [2.24, 2.45) is 7.05 Å². The normalized spacial score (nSPS) is 18.5. The maximum Gasteiger partial charge on any atom is 0.163 e. The van der Waals surface area contributed by atoms with Gasteiger partial charge in [-0.05, 0) is 12.1 Å². The summed E-state index contributed by atoms with van der Waals surface area (Å²) in [5.74, 6) is 1.47. The molecule has 0 aliphatic carbocycles. The standard InChI is InChI=1S/C16H19N5O2/c1-20-12-18-19-16(20)15-11-21(7-9-23-15)6-8-22-14-5-3-2-4-13(14)10-17/h2-5,12,15H,6-9,11H2,1H3/t15-/m1/s1. The van der Waals surface area contributed by atoms with Crippen molar-refractivity contribution in [1.29, 1.82) is 5.26 Å². The maximum atomic E-state index is 9.06. The van der Waals surface area contributed by atoms with Gasteiger partial charge in [-0.2, -0.15) is 5.26 Å². The first-order valence-corrected chi connectivity index (χ1v) is 7.57. The summed E-state index contributed by atoms with van der Waals surface area (Å²) in [4.78, 5) is 2.28. The highest BCUT2D eigenvalue weighted by atomic mass is 16.5. The number of ether oxygens (including phenoxy) is 2. The molecule has 7 nitrogen and oxygen atoms in total. The van der Waals surface area contributed by atoms with Gasteiger partial charge in [-0.15, -0.1) is 10.2 Å². The van der Waals surface area contributed by atoms with Crippen LogP contribution in [-0.2, 0) is 11.8 Å². The van der Waals surface area contributed by atoms with Crippen LogP contribution in [0.2, 0.25) is 0 Å². The Kier molecular flexibility index (Phi) is 4.86. The number of nitriles is 1. The van der Waals surface area contributed by atoms with Crippen LogP contribution in [0, 0.1) is 11.3 Å². The monoisotopic (exact) mass is 313 g/mol. The number of aromatic nitrogens is 3. The lowest BCUT2D eigenvalue weighted by Crippen LogP contribution is -2.41. The lowest BCUT2D eigenvalue weighted by molar-refractivity contribution is -0.0384. The minimum atomic E-state index is -0.0670. The van der Waals surface area contributed by atoms with Gasteiger partial charge in [0, 0.05) is 26.7 Å². The number of hydrogen-bond acceptors (Lipinski definition) is 6. The van der Waals surface area contributed by atoms with Gasteiger partial charge >= 0.3 is 0 Å². The second kappa shape index (κ2) is 7.22. The van der Waals surface area contributed by atoms with Gasteiger partial charge < -0.3 is 14.0 Å². The fourth-order valence-corrected chi connectivity index (χ4v) is 2.62. The Bertz CT molecular complexity index is 694. The second-order valence-corrected chi connectivity index (χ2v) is 5.42. The molecule has 1 aromatic heterocycles. The number of rotatable bonds is 5. The van der Waals surface area contributed by atoms with E-state index in [1.54, 1.807) is 12.4 Å². The summed E-state index contributed by atoms with van der Waals surface area (Å²) in [7, 11) is 1.92. The van der Waals surface area contributed by atoms with Crippen molar-refractivity contribution in [3.8, 4) is 11.8 Å². The molecule has 0 N–H and O–H groups in total. The number of para-hydroxylation sites is 1. The Labute approximate surface area is 135 Å². The number of hydrogen-bond donors (Lipinski definition) is 0. The molecular formula is C16H19N5O2. The van der Waals surface area contributed by atoms with Crippen molar-refractivity contribution < 1.29 is 9.47 Å². The first-order chi connectivity index (χ1) is 11.3. The highest BCUT2D eigenvalue weighted by Crippen LogP contribution is 2.20. The van der Waals surface area contributed by atoms with Crippen molar-refractivity contribution in [2.45, 2.75) is 6.10 Å². The van der Waals surface area contributed by atoms with Gasteiger partial charge in [0.2, 0.25) is 0 Å². The molecule has 0 saturated carbocycles. The first kappa shape index (κ1) is 15.5. The second-order valence-electron chi connectivity index (χ2n) is 5.42. The van der Waals surface area contributed by atoms with Crippen molar-refractivity contribution in [1.82, 2.24) is 19.7 Å². The fraction of sp³-hybridized carbons (Fsp3) is 0.438. The van der Waals surface area contributed by atoms with Gasteiger partial charge in [0.25, 0.3) is 0 Å². The number of aryl methyl sites for hydroxylation is 1. The zero-order chi connectivity index (χ0) is 16.1. The quantitative estimate of drug-likeness (QED) is 0.824. The molecule has 2 heterocycles. The van der Waals surface area contributed by atoms with Crippen LogP contribution in [0.15, 0.2) is 30.6 Å². The minimum absolute atomic E-state index is 0.0670. The summed E-state index contributed by atoms with van der Waals surface area (Å²) in [6.45, 7) is 3.58. The molecule has 23 heavy (non-hydrogen) atoms. The molecule has 0 bridgehead atoms. The molecule has 1 fully saturated rings. The van der Waals surface area contributed by atoms with Crippen molar-refractivity contribution in [3.05, 3.63) is 42.0 Å². The minimum Gasteiger partial charge on any atom is -0.491 e. The predicted molar refractivity (Wildman–Crippen MR) is 82.8 cm³/mol. The van der Waals surface area contributed by atoms with Crippen LogP contribution in [0.3, 0.4) is 0 Å². The smallest absolute Gasteiger partial charge is 0.163 e. The molecule has 0 radical (unpaired) electrons. The molecule has 0 spiro atoms. The Morgan fingerprint density at radius 1 is 1.43 bits per heavy atom. The van der Waals surface area contributed by atoms with Crippen molar-refractivity contribution in [2.75, 3.05) is 32.8 Å². The van der Waals surface area contributed by atoms with Gasteiger partial charge in [-0.1, -0.05) is 12.1 Å². The van der Waals surface area contributed by atoms with Crippen LogP contribution in [0.4, 0.5) is 0 Å². The molecule has 120 valence electrons. The van der Waals surface area contributed by atoms with E-state index in [0.29, 0.717) is 24.5 Å². The third kappa shape index (κ3) is 3.67. The van der Waals surface area contributed by atoms with E-state index < -0.39 is 0 Å². The topological polar surface area (TPSA) is 76.2 Å². The van der Waals surface area contributed by atoms with E-state index in [0.717, 1.165) is 25.5 Å². The molecule has 0 amide bonds. The highest BCUT2D eigenvalue weighted by molar-refractivity contribution is 5.42. The summed E-state index contributed by atoms with van der Waals surface area (Å²) in [5.41, 5.74) is 0.562. The molecule has 1 atom stereocenters. The Hall–Kier alpha value is -2.43. The lowest BCUT2D eigenvalue weighted by Gasteiger charge is -2.32. The average molecular weight is 313 g/mol. The Morgan fingerprint density at radius 3 is 3.09 bits per heavy atom. The highest BCUT2D eigenvalue weighted by Gasteiger charge is 2.25. The van der Waals surface area contributed by atoms with Gasteiger partial charge in [-0.3, -0.25) is 4.90 Å². The molecule has 1 aliphatic heterocycles. The summed E-state index contributed by atoms with van der Waals surface area (Å²) in [5, 5.41) is 17.1. The van der Waals surface area contributed by atoms with Gasteiger partial charge in [0.1, 0.15) is 30.9 Å². The largest absolute Gasteiger partial charge is 0.491 e. The van der Waals surface area contributed by atoms with E-state index in [4.69, 9.17) is 14.7 Å². The average Bonchev–Trinajstić information content (AvgIpc) is 3.02. The van der Waals surface area contributed by atoms with Crippen molar-refractivity contribution in [3.63, 3.8) is 0 Å². The van der Waals surface area contributed by atoms with E-state index >= 15 is 0 Å². The Balaban J connectivity index is 1.53. The Morgan fingerprint density at radius 2 is 2.30 bits per heavy atom. The maximum absolute atomic E-state index is 9.06. The van der Waals surface area contributed by atoms with Gasteiger partial charge in [0.15, 0.2) is 5.82 Å². The van der Waals surface area contributed by atoms with Crippen LogP contribution in [0.5, 0.6) is 5.75 Å². The van der Waals surface area contributed by atoms with Crippen LogP contribution in [0.1, 0.15) is 17.5 Å². The predicted octanol–water partition coefficient (Wildman–Crippen LogP) is 1.14. The van der Waals surface area contributed by atoms with E-state index in [1.807, 2.05) is 29.8 Å². The zero-order valence-electron chi connectivity index (χ0n) is 13.1. The SMILES string of the molecule is Cn1cnnc1[C@H]1CN(CCOc2ccccc2C#N)CCO1. The van der Waals surface area contributed by atoms with E-state index in [1.165, 1.54) is 0 Å². The summed E-state index contributed by atoms with van der Waals surface area (Å²) in [6, 6.07) is 9.42. The molecule has 7 heteroatoms. The molecule has 0 unspecified atom stereocenters. The third-order valence-corrected chi connectivity index (χ3v) is 3.86. The molecule has 1 saturated heterocycles. The molecule has 3 rings (SSSR count). The molecule has 1 aromatic carbocycles. The molecule has 2 aromatic rings. The number of nitrogens with zero attached hydrogens (tertiary/aromatic N) is 5. The summed E-state index contributed by atoms with van der Waals surface area (Å²) in [6.07, 6.45) is 1.61. The third-order valence-electron chi connectivity index (χ3n) is 3.86. The lowest BCUT2D eigenvalue weighted by atomic mass is 10.2. The zero-order valence-corrected chi connectivity index (χ0v) is 13.1. The van der Waals surface area contributed by atoms with Gasteiger partial charge in [-0.25, -0.2) is 0 Å². The summed E-state index contributed by atoms with van der Waals surface area (Å²) < 4.78 is 13.4. The van der Waals surface area contributed by atoms with Crippen LogP contribution >= 0.6 is 0 Å². The molecular weight excluding hydrogens is 294 g/mol. The first-order valence-electron chi connectivity index (χ1n) is 7.57. The van der Waals surface area contributed by atoms with Crippen LogP contribution in [0.25, 0.3) is 0 Å². The number of morpholine rings is 1. The number of benzene rings is 1. The van der Waals surface area contributed by atoms with E-state index in [9.17, 15) is 0 Å². The van der Waals surface area contributed by atoms with Crippen LogP contribution < -0.4 is 4.74 Å². The fourth-order valence-electron chi connectivity index (χ4n) is 2.62.